The first-order valence-electron chi connectivity index (χ1n) is 9.67. The van der Waals surface area contributed by atoms with Crippen LogP contribution in [0.25, 0.3) is 27.7 Å². The predicted molar refractivity (Wildman–Crippen MR) is 113 cm³/mol. The lowest BCUT2D eigenvalue weighted by Crippen LogP contribution is -2.14. The summed E-state index contributed by atoms with van der Waals surface area (Å²) in [5.41, 5.74) is 2.86. The third-order valence-corrected chi connectivity index (χ3v) is 4.82. The molecule has 0 bridgehead atoms. The van der Waals surface area contributed by atoms with Crippen LogP contribution in [0.3, 0.4) is 0 Å². The predicted octanol–water partition coefficient (Wildman–Crippen LogP) is 4.21. The molecule has 4 rings (SSSR count). The number of carbonyl (C=O) groups excluding carboxylic acids is 3. The summed E-state index contributed by atoms with van der Waals surface area (Å²) in [6, 6.07) is 14.4. The fraction of sp³-hybridized carbons (Fsp3) is 0.174. The molecule has 0 radical (unpaired) electrons. The van der Waals surface area contributed by atoms with Crippen LogP contribution in [-0.4, -0.2) is 35.8 Å². The molecule has 1 amide bonds. The van der Waals surface area contributed by atoms with Crippen molar-refractivity contribution in [2.45, 2.75) is 13.8 Å². The van der Waals surface area contributed by atoms with E-state index in [4.69, 9.17) is 9.47 Å². The summed E-state index contributed by atoms with van der Waals surface area (Å²) in [6.45, 7) is 3.80. The zero-order valence-corrected chi connectivity index (χ0v) is 16.6. The lowest BCUT2D eigenvalue weighted by Gasteiger charge is -2.12. The smallest absolute Gasteiger partial charge is 0.418 e. The number of rotatable bonds is 3. The van der Waals surface area contributed by atoms with Crippen LogP contribution in [0.5, 0.6) is 0 Å². The van der Waals surface area contributed by atoms with Gasteiger partial charge in [0.1, 0.15) is 0 Å². The first kappa shape index (κ1) is 19.4. The summed E-state index contributed by atoms with van der Waals surface area (Å²) < 4.78 is 11.8. The maximum atomic E-state index is 13.1. The third-order valence-electron chi connectivity index (χ3n) is 4.82. The van der Waals surface area contributed by atoms with Gasteiger partial charge < -0.3 is 14.8 Å². The van der Waals surface area contributed by atoms with Crippen LogP contribution in [0.1, 0.15) is 19.4 Å². The second-order valence-electron chi connectivity index (χ2n) is 6.58. The van der Waals surface area contributed by atoms with Gasteiger partial charge in [-0.1, -0.05) is 36.4 Å². The number of anilines is 1. The van der Waals surface area contributed by atoms with Gasteiger partial charge in [-0.15, -0.1) is 0 Å². The fourth-order valence-electron chi connectivity index (χ4n) is 3.69. The first-order chi connectivity index (χ1) is 14.6. The summed E-state index contributed by atoms with van der Waals surface area (Å²) in [4.78, 5) is 38.3. The van der Waals surface area contributed by atoms with Gasteiger partial charge in [0.15, 0.2) is 0 Å². The van der Waals surface area contributed by atoms with E-state index in [0.717, 1.165) is 0 Å². The standard InChI is InChI=1S/C23H20N2O5/c1-3-29-19(26)13-16-20-15-10-6-8-12-18(15)25(23(28)30-4-2)21(20)14-9-5-7-11-17(14)24-22(16)27/h5-13H,3-4H2,1-2H3,(H,24,27)/b16-13-. The minimum atomic E-state index is -0.632. The molecule has 0 fully saturated rings. The van der Waals surface area contributed by atoms with Crippen molar-refractivity contribution in [3.8, 4) is 11.3 Å². The molecule has 0 saturated heterocycles. The van der Waals surface area contributed by atoms with E-state index in [1.165, 1.54) is 10.6 Å². The quantitative estimate of drug-likeness (QED) is 0.522. The molecule has 30 heavy (non-hydrogen) atoms. The monoisotopic (exact) mass is 404 g/mol. The Morgan fingerprint density at radius 1 is 1.00 bits per heavy atom. The highest BCUT2D eigenvalue weighted by Crippen LogP contribution is 2.43. The van der Waals surface area contributed by atoms with Crippen molar-refractivity contribution in [3.63, 3.8) is 0 Å². The van der Waals surface area contributed by atoms with E-state index < -0.39 is 18.0 Å². The van der Waals surface area contributed by atoms with Crippen molar-refractivity contribution in [1.82, 2.24) is 4.57 Å². The Morgan fingerprint density at radius 2 is 1.70 bits per heavy atom. The summed E-state index contributed by atoms with van der Waals surface area (Å²) in [5.74, 6) is -1.09. The van der Waals surface area contributed by atoms with E-state index >= 15 is 0 Å². The van der Waals surface area contributed by atoms with Crippen LogP contribution in [0.15, 0.2) is 54.6 Å². The van der Waals surface area contributed by atoms with Gasteiger partial charge in [-0.05, 0) is 26.0 Å². The van der Waals surface area contributed by atoms with E-state index in [-0.39, 0.29) is 18.8 Å². The highest BCUT2D eigenvalue weighted by atomic mass is 16.5. The van der Waals surface area contributed by atoms with Gasteiger partial charge in [0.2, 0.25) is 0 Å². The molecule has 1 aliphatic heterocycles. The minimum absolute atomic E-state index is 0.124. The second kappa shape index (κ2) is 7.87. The minimum Gasteiger partial charge on any atom is -0.463 e. The van der Waals surface area contributed by atoms with Crippen molar-refractivity contribution < 1.29 is 23.9 Å². The van der Waals surface area contributed by atoms with Gasteiger partial charge in [-0.3, -0.25) is 4.79 Å². The molecule has 1 N–H and O–H groups in total. The average Bonchev–Trinajstić information content (AvgIpc) is 3.02. The van der Waals surface area contributed by atoms with E-state index in [9.17, 15) is 14.4 Å². The number of para-hydroxylation sites is 2. The number of aromatic nitrogens is 1. The molecule has 0 spiro atoms. The van der Waals surface area contributed by atoms with Crippen LogP contribution in [0.4, 0.5) is 10.5 Å². The van der Waals surface area contributed by atoms with E-state index in [1.54, 1.807) is 38.1 Å². The van der Waals surface area contributed by atoms with Crippen molar-refractivity contribution in [2.24, 2.45) is 0 Å². The Balaban J connectivity index is 2.14. The van der Waals surface area contributed by atoms with E-state index in [2.05, 4.69) is 5.32 Å². The van der Waals surface area contributed by atoms with E-state index in [1.807, 2.05) is 24.3 Å². The number of hydrogen-bond acceptors (Lipinski definition) is 5. The van der Waals surface area contributed by atoms with Gasteiger partial charge in [0.05, 0.1) is 35.7 Å². The number of nitrogens with one attached hydrogen (secondary N) is 1. The number of amides is 1. The highest BCUT2D eigenvalue weighted by Gasteiger charge is 2.32. The van der Waals surface area contributed by atoms with Gasteiger partial charge in [-0.2, -0.15) is 0 Å². The van der Waals surface area contributed by atoms with Crippen LogP contribution >= 0.6 is 0 Å². The van der Waals surface area contributed by atoms with Crippen molar-refractivity contribution >= 4 is 40.1 Å². The molecule has 2 aromatic carbocycles. The maximum Gasteiger partial charge on any atom is 0.418 e. The molecule has 2 heterocycles. The summed E-state index contributed by atoms with van der Waals surface area (Å²) in [7, 11) is 0. The number of nitrogens with zero attached hydrogens (tertiary/aromatic N) is 1. The second-order valence-corrected chi connectivity index (χ2v) is 6.58. The summed E-state index contributed by atoms with van der Waals surface area (Å²) in [6.07, 6.45) is 0.612. The van der Waals surface area contributed by atoms with Crippen LogP contribution in [0, 0.1) is 0 Å². The number of esters is 1. The molecule has 7 nitrogen and oxygen atoms in total. The molecule has 0 unspecified atom stereocenters. The topological polar surface area (TPSA) is 86.6 Å². The number of benzene rings is 2. The zero-order chi connectivity index (χ0) is 21.3. The molecule has 3 aromatic rings. The normalized spacial score (nSPS) is 13.9. The van der Waals surface area contributed by atoms with Crippen molar-refractivity contribution in [1.29, 1.82) is 0 Å². The largest absolute Gasteiger partial charge is 0.463 e. The van der Waals surface area contributed by atoms with Crippen molar-refractivity contribution in [3.05, 3.63) is 60.2 Å². The van der Waals surface area contributed by atoms with Gasteiger partial charge >= 0.3 is 12.1 Å². The molecular weight excluding hydrogens is 384 g/mol. The molecule has 1 aliphatic rings. The van der Waals surface area contributed by atoms with Gasteiger partial charge in [-0.25, -0.2) is 14.2 Å². The number of ether oxygens (including phenoxy) is 2. The Kier molecular flexibility index (Phi) is 5.10. The lowest BCUT2D eigenvalue weighted by molar-refractivity contribution is -0.137. The Hall–Kier alpha value is -3.87. The van der Waals surface area contributed by atoms with Gasteiger partial charge in [0, 0.05) is 22.6 Å². The molecular formula is C23H20N2O5. The molecule has 0 saturated carbocycles. The number of hydrogen-bond donors (Lipinski definition) is 1. The summed E-state index contributed by atoms with van der Waals surface area (Å²) in [5, 5.41) is 3.49. The molecule has 0 aliphatic carbocycles. The molecule has 7 heteroatoms. The molecule has 0 atom stereocenters. The van der Waals surface area contributed by atoms with Crippen LogP contribution in [0.2, 0.25) is 0 Å². The first-order valence-corrected chi connectivity index (χ1v) is 9.67. The summed E-state index contributed by atoms with van der Waals surface area (Å²) >= 11 is 0. The van der Waals surface area contributed by atoms with Crippen LogP contribution in [-0.2, 0) is 19.1 Å². The lowest BCUT2D eigenvalue weighted by atomic mass is 9.98. The Bertz CT molecular complexity index is 1210. The van der Waals surface area contributed by atoms with Gasteiger partial charge in [0.25, 0.3) is 5.91 Å². The maximum absolute atomic E-state index is 13.1. The highest BCUT2D eigenvalue weighted by molar-refractivity contribution is 6.34. The number of carbonyl (C=O) groups is 3. The molecule has 152 valence electrons. The molecule has 1 aromatic heterocycles. The Morgan fingerprint density at radius 3 is 2.47 bits per heavy atom. The zero-order valence-electron chi connectivity index (χ0n) is 16.6. The van der Waals surface area contributed by atoms with Crippen LogP contribution < -0.4 is 5.32 Å². The fourth-order valence-corrected chi connectivity index (χ4v) is 3.69. The number of fused-ring (bicyclic) bond motifs is 5. The van der Waals surface area contributed by atoms with E-state index in [0.29, 0.717) is 33.4 Å². The Labute approximate surface area is 172 Å². The third kappa shape index (κ3) is 3.14. The van der Waals surface area contributed by atoms with Crippen molar-refractivity contribution in [2.75, 3.05) is 18.5 Å². The SMILES string of the molecule is CCOC(=O)/C=C1\C(=O)Nc2ccccc2-c2c1c1ccccc1n2C(=O)OCC. The average molecular weight is 404 g/mol.